The van der Waals surface area contributed by atoms with Crippen molar-refractivity contribution in [2.24, 2.45) is 0 Å². The second-order valence-electron chi connectivity index (χ2n) is 9.37. The lowest BCUT2D eigenvalue weighted by molar-refractivity contribution is 0.227. The molecule has 0 aliphatic carbocycles. The van der Waals surface area contributed by atoms with Crippen molar-refractivity contribution < 1.29 is 13.7 Å². The van der Waals surface area contributed by atoms with Gasteiger partial charge < -0.3 is 13.6 Å². The zero-order valence-electron chi connectivity index (χ0n) is 21.4. The highest BCUT2D eigenvalue weighted by molar-refractivity contribution is 6.29. The smallest absolute Gasteiger partial charge is 0.439 e. The van der Waals surface area contributed by atoms with E-state index in [1.165, 1.54) is 0 Å². The Bertz CT molecular complexity index is 2020. The van der Waals surface area contributed by atoms with Crippen LogP contribution < -0.4 is 15.9 Å². The molecule has 5 heterocycles. The number of nitrogens with zero attached hydrogens (tertiary/aromatic N) is 4. The Hall–Kier alpha value is -4.70. The van der Waals surface area contributed by atoms with Crippen LogP contribution in [0.3, 0.4) is 0 Å². The van der Waals surface area contributed by atoms with Crippen molar-refractivity contribution in [2.45, 2.75) is 33.8 Å². The number of nitrogens with one attached hydrogen (secondary N) is 1. The number of H-pyrrole nitrogens is 1. The van der Waals surface area contributed by atoms with E-state index < -0.39 is 11.9 Å². The van der Waals surface area contributed by atoms with E-state index >= 15 is 0 Å². The lowest BCUT2D eigenvalue weighted by atomic mass is 10.00. The molecule has 6 aromatic rings. The van der Waals surface area contributed by atoms with Crippen LogP contribution in [0.2, 0.25) is 5.15 Å². The van der Waals surface area contributed by atoms with Crippen LogP contribution in [0.25, 0.3) is 39.5 Å². The van der Waals surface area contributed by atoms with E-state index in [1.54, 1.807) is 19.1 Å². The summed E-state index contributed by atoms with van der Waals surface area (Å²) in [5, 5.41) is 4.35. The quantitative estimate of drug-likeness (QED) is 0.280. The number of aromatic nitrogens is 5. The third-order valence-corrected chi connectivity index (χ3v) is 6.67. The molecule has 0 bridgehead atoms. The number of rotatable bonds is 5. The minimum atomic E-state index is -0.732. The molecular formula is C28H22ClN5O5. The molecule has 1 N–H and O–H groups in total. The van der Waals surface area contributed by atoms with E-state index in [0.29, 0.717) is 33.6 Å². The van der Waals surface area contributed by atoms with Crippen molar-refractivity contribution in [1.29, 1.82) is 0 Å². The Morgan fingerprint density at radius 2 is 1.87 bits per heavy atom. The van der Waals surface area contributed by atoms with Gasteiger partial charge >= 0.3 is 5.76 Å². The van der Waals surface area contributed by atoms with Crippen LogP contribution in [0.4, 0.5) is 0 Å². The van der Waals surface area contributed by atoms with E-state index in [1.807, 2.05) is 61.8 Å². The molecule has 0 amide bonds. The van der Waals surface area contributed by atoms with E-state index in [2.05, 4.69) is 24.6 Å². The summed E-state index contributed by atoms with van der Waals surface area (Å²) in [6, 6.07) is 10.7. The predicted octanol–water partition coefficient (Wildman–Crippen LogP) is 5.56. The second kappa shape index (κ2) is 9.25. The van der Waals surface area contributed by atoms with Crippen molar-refractivity contribution in [1.82, 2.24) is 24.5 Å². The minimum Gasteiger partial charge on any atom is -0.483 e. The molecule has 11 heteroatoms. The average molecular weight is 544 g/mol. The Morgan fingerprint density at radius 1 is 1.05 bits per heavy atom. The maximum absolute atomic E-state index is 13.6. The van der Waals surface area contributed by atoms with E-state index in [-0.39, 0.29) is 22.1 Å². The van der Waals surface area contributed by atoms with Gasteiger partial charge in [-0.15, -0.1) is 0 Å². The molecule has 39 heavy (non-hydrogen) atoms. The third kappa shape index (κ3) is 4.38. The number of fused-ring (bicyclic) bond motifs is 2. The van der Waals surface area contributed by atoms with Gasteiger partial charge in [-0.05, 0) is 69.7 Å². The molecule has 1 aromatic carbocycles. The van der Waals surface area contributed by atoms with Crippen LogP contribution in [-0.2, 0) is 0 Å². The SMILES string of the molecule is Cc1cc([C@@H](C)Oc2ccc(Cl)nc2-c2noc(=O)[nH]2)c2oc(-c3ccc4nc(C)cn4c3)c(C)c(=O)c2c1. The summed E-state index contributed by atoms with van der Waals surface area (Å²) in [7, 11) is 0. The zero-order chi connectivity index (χ0) is 27.4. The summed E-state index contributed by atoms with van der Waals surface area (Å²) >= 11 is 6.10. The first kappa shape index (κ1) is 24.6. The molecule has 0 radical (unpaired) electrons. The Labute approximate surface area is 225 Å². The molecule has 5 aromatic heterocycles. The highest BCUT2D eigenvalue weighted by Gasteiger charge is 2.22. The van der Waals surface area contributed by atoms with Gasteiger partial charge in [0.15, 0.2) is 11.1 Å². The van der Waals surface area contributed by atoms with Gasteiger partial charge in [-0.2, -0.15) is 0 Å². The molecule has 196 valence electrons. The number of hydrogen-bond donors (Lipinski definition) is 1. The number of pyridine rings is 2. The summed E-state index contributed by atoms with van der Waals surface area (Å²) in [5.74, 6) is 0.117. The molecule has 0 unspecified atom stereocenters. The van der Waals surface area contributed by atoms with Crippen molar-refractivity contribution in [3.63, 3.8) is 0 Å². The van der Waals surface area contributed by atoms with Crippen LogP contribution in [-0.4, -0.2) is 24.5 Å². The van der Waals surface area contributed by atoms with Gasteiger partial charge in [0.1, 0.15) is 34.0 Å². The van der Waals surface area contributed by atoms with E-state index in [0.717, 1.165) is 22.5 Å². The molecule has 0 fully saturated rings. The van der Waals surface area contributed by atoms with Crippen LogP contribution in [0.15, 0.2) is 67.3 Å². The summed E-state index contributed by atoms with van der Waals surface area (Å²) < 4.78 is 19.3. The fourth-order valence-corrected chi connectivity index (χ4v) is 4.82. The number of aromatic amines is 1. The van der Waals surface area contributed by atoms with Crippen molar-refractivity contribution in [3.8, 4) is 28.6 Å². The lowest BCUT2D eigenvalue weighted by Gasteiger charge is -2.19. The first-order valence-corrected chi connectivity index (χ1v) is 12.5. The van der Waals surface area contributed by atoms with Gasteiger partial charge in [-0.25, -0.2) is 14.8 Å². The first-order chi connectivity index (χ1) is 18.7. The predicted molar refractivity (Wildman–Crippen MR) is 145 cm³/mol. The minimum absolute atomic E-state index is 0.0772. The summed E-state index contributed by atoms with van der Waals surface area (Å²) in [5.41, 5.74) is 4.97. The summed E-state index contributed by atoms with van der Waals surface area (Å²) in [4.78, 5) is 36.3. The highest BCUT2D eigenvalue weighted by Crippen LogP contribution is 2.35. The lowest BCUT2D eigenvalue weighted by Crippen LogP contribution is -2.12. The number of aryl methyl sites for hydroxylation is 2. The first-order valence-electron chi connectivity index (χ1n) is 12.1. The van der Waals surface area contributed by atoms with E-state index in [4.69, 9.17) is 20.8 Å². The van der Waals surface area contributed by atoms with Gasteiger partial charge in [0, 0.05) is 29.1 Å². The van der Waals surface area contributed by atoms with Gasteiger partial charge in [-0.3, -0.25) is 14.3 Å². The van der Waals surface area contributed by atoms with Crippen LogP contribution in [0, 0.1) is 20.8 Å². The molecule has 0 saturated carbocycles. The number of benzene rings is 1. The molecule has 10 nitrogen and oxygen atoms in total. The third-order valence-electron chi connectivity index (χ3n) is 6.46. The Kier molecular flexibility index (Phi) is 5.84. The van der Waals surface area contributed by atoms with Gasteiger partial charge in [-0.1, -0.05) is 16.8 Å². The monoisotopic (exact) mass is 543 g/mol. The van der Waals surface area contributed by atoms with Crippen LogP contribution in [0.1, 0.15) is 35.4 Å². The standard InChI is InChI=1S/C28H22ClN5O5/c1-13-9-18(16(4)37-20-6-7-21(29)31-23(20)27-32-28(36)39-33-27)26-19(10-13)24(35)15(3)25(38-26)17-5-8-22-30-14(2)11-34(22)12-17/h5-12,16H,1-4H3,(H,32,33,36)/t16-/m1/s1. The second-order valence-corrected chi connectivity index (χ2v) is 9.75. The van der Waals surface area contributed by atoms with Gasteiger partial charge in [0.25, 0.3) is 0 Å². The molecule has 0 saturated heterocycles. The van der Waals surface area contributed by atoms with Gasteiger partial charge in [0.05, 0.1) is 11.1 Å². The largest absolute Gasteiger partial charge is 0.483 e. The van der Waals surface area contributed by atoms with Crippen molar-refractivity contribution in [3.05, 3.63) is 97.1 Å². The van der Waals surface area contributed by atoms with Crippen LogP contribution in [0.5, 0.6) is 5.75 Å². The Balaban J connectivity index is 1.49. The maximum Gasteiger partial charge on any atom is 0.439 e. The molecule has 0 aliphatic heterocycles. The Morgan fingerprint density at radius 3 is 2.64 bits per heavy atom. The van der Waals surface area contributed by atoms with Gasteiger partial charge in [0.2, 0.25) is 5.82 Å². The molecule has 1 atom stereocenters. The molecule has 0 aliphatic rings. The zero-order valence-corrected chi connectivity index (χ0v) is 22.2. The maximum atomic E-state index is 13.6. The number of imidazole rings is 1. The molecular weight excluding hydrogens is 522 g/mol. The topological polar surface area (TPSA) is 129 Å². The number of ether oxygens (including phenoxy) is 1. The van der Waals surface area contributed by atoms with Crippen molar-refractivity contribution >= 4 is 28.2 Å². The number of hydrogen-bond acceptors (Lipinski definition) is 8. The molecule has 6 rings (SSSR count). The summed E-state index contributed by atoms with van der Waals surface area (Å²) in [6.07, 6.45) is 3.22. The fourth-order valence-electron chi connectivity index (χ4n) is 4.67. The molecule has 0 spiro atoms. The average Bonchev–Trinajstić information content (AvgIpc) is 3.50. The normalized spacial score (nSPS) is 12.3. The highest BCUT2D eigenvalue weighted by atomic mass is 35.5. The number of halogens is 1. The van der Waals surface area contributed by atoms with E-state index in [9.17, 15) is 9.59 Å². The van der Waals surface area contributed by atoms with Crippen molar-refractivity contribution in [2.75, 3.05) is 0 Å². The summed E-state index contributed by atoms with van der Waals surface area (Å²) in [6.45, 7) is 7.42. The fraction of sp³-hybridized carbons (Fsp3) is 0.179. The van der Waals surface area contributed by atoms with Crippen LogP contribution >= 0.6 is 11.6 Å².